The summed E-state index contributed by atoms with van der Waals surface area (Å²) in [4.78, 5) is 25.8. The van der Waals surface area contributed by atoms with Crippen molar-refractivity contribution in [3.05, 3.63) is 75.9 Å². The molecule has 3 N–H and O–H groups in total. The number of nitriles is 1. The highest BCUT2D eigenvalue weighted by molar-refractivity contribution is 6.00. The standard InChI is InChI=1S/C30H33N3O5/c1-6-36-24-12-19(7-8-23(24)37-16-26(35)33-20-10-17(2)9-18(3)11-20)27-21(15-31)29(32)38-25-14-30(4,5)13-22(34)28(25)27/h7-12,27H,6,13-14,16,32H2,1-5H3,(H,33,35). The van der Waals surface area contributed by atoms with Crippen molar-refractivity contribution >= 4 is 17.4 Å². The zero-order chi connectivity index (χ0) is 27.6. The van der Waals surface area contributed by atoms with Crippen LogP contribution in [0.4, 0.5) is 5.69 Å². The number of hydrogen-bond donors (Lipinski definition) is 2. The van der Waals surface area contributed by atoms with E-state index >= 15 is 0 Å². The predicted octanol–water partition coefficient (Wildman–Crippen LogP) is 5.17. The van der Waals surface area contributed by atoms with Crippen molar-refractivity contribution in [1.29, 1.82) is 5.26 Å². The number of benzene rings is 2. The monoisotopic (exact) mass is 515 g/mol. The molecule has 2 aromatic carbocycles. The average Bonchev–Trinajstić information content (AvgIpc) is 2.81. The number of nitrogens with two attached hydrogens (primary N) is 1. The van der Waals surface area contributed by atoms with Crippen molar-refractivity contribution in [2.75, 3.05) is 18.5 Å². The molecule has 1 amide bonds. The van der Waals surface area contributed by atoms with Gasteiger partial charge in [-0.05, 0) is 67.1 Å². The molecule has 2 aliphatic rings. The van der Waals surface area contributed by atoms with Crippen molar-refractivity contribution in [3.8, 4) is 17.6 Å². The van der Waals surface area contributed by atoms with Gasteiger partial charge in [-0.1, -0.05) is 26.0 Å². The first kappa shape index (κ1) is 26.8. The van der Waals surface area contributed by atoms with E-state index in [1.165, 1.54) is 0 Å². The Hall–Kier alpha value is -4.25. The number of nitrogens with zero attached hydrogens (tertiary/aromatic N) is 1. The first-order valence-corrected chi connectivity index (χ1v) is 12.6. The van der Waals surface area contributed by atoms with Crippen LogP contribution in [0.5, 0.6) is 11.5 Å². The second kappa shape index (κ2) is 10.6. The Kier molecular flexibility index (Phi) is 7.49. The number of allylic oxidation sites excluding steroid dienone is 3. The van der Waals surface area contributed by atoms with E-state index < -0.39 is 5.92 Å². The minimum Gasteiger partial charge on any atom is -0.490 e. The molecule has 0 spiro atoms. The summed E-state index contributed by atoms with van der Waals surface area (Å²) in [6.07, 6.45) is 0.887. The summed E-state index contributed by atoms with van der Waals surface area (Å²) in [7, 11) is 0. The second-order valence-electron chi connectivity index (χ2n) is 10.6. The van der Waals surface area contributed by atoms with Gasteiger partial charge >= 0.3 is 0 Å². The smallest absolute Gasteiger partial charge is 0.262 e. The molecule has 1 aliphatic carbocycles. The van der Waals surface area contributed by atoms with E-state index in [-0.39, 0.29) is 35.2 Å². The van der Waals surface area contributed by atoms with E-state index in [1.54, 1.807) is 18.2 Å². The maximum absolute atomic E-state index is 13.2. The molecule has 2 aromatic rings. The fourth-order valence-corrected chi connectivity index (χ4v) is 5.10. The molecule has 1 unspecified atom stereocenters. The molecule has 8 nitrogen and oxygen atoms in total. The van der Waals surface area contributed by atoms with E-state index in [0.29, 0.717) is 53.5 Å². The maximum Gasteiger partial charge on any atom is 0.262 e. The van der Waals surface area contributed by atoms with Crippen molar-refractivity contribution in [1.82, 2.24) is 0 Å². The third-order valence-electron chi connectivity index (χ3n) is 6.54. The number of nitrogens with one attached hydrogen (secondary N) is 1. The number of amides is 1. The summed E-state index contributed by atoms with van der Waals surface area (Å²) in [5.74, 6) is 0.239. The summed E-state index contributed by atoms with van der Waals surface area (Å²) in [5, 5.41) is 12.7. The number of hydrogen-bond acceptors (Lipinski definition) is 7. The van der Waals surface area contributed by atoms with Gasteiger partial charge in [-0.15, -0.1) is 0 Å². The summed E-state index contributed by atoms with van der Waals surface area (Å²) >= 11 is 0. The summed E-state index contributed by atoms with van der Waals surface area (Å²) in [6.45, 7) is 9.91. The molecule has 38 heavy (non-hydrogen) atoms. The van der Waals surface area contributed by atoms with Gasteiger partial charge in [0, 0.05) is 24.1 Å². The van der Waals surface area contributed by atoms with Crippen LogP contribution >= 0.6 is 0 Å². The quantitative estimate of drug-likeness (QED) is 0.521. The van der Waals surface area contributed by atoms with Gasteiger partial charge in [-0.25, -0.2) is 0 Å². The van der Waals surface area contributed by atoms with Gasteiger partial charge in [-0.3, -0.25) is 9.59 Å². The minimum absolute atomic E-state index is 0.00286. The molecule has 0 saturated carbocycles. The molecule has 0 fully saturated rings. The lowest BCUT2D eigenvalue weighted by Gasteiger charge is -2.37. The topological polar surface area (TPSA) is 124 Å². The van der Waals surface area contributed by atoms with Crippen LogP contribution in [0.25, 0.3) is 0 Å². The highest BCUT2D eigenvalue weighted by atomic mass is 16.5. The number of Topliss-reactive ketones (excluding diaryl/α,β-unsaturated/α-hetero) is 1. The van der Waals surface area contributed by atoms with E-state index in [1.807, 2.05) is 52.8 Å². The molecular weight excluding hydrogens is 482 g/mol. The number of carbonyl (C=O) groups is 2. The van der Waals surface area contributed by atoms with E-state index in [0.717, 1.165) is 11.1 Å². The van der Waals surface area contributed by atoms with Crippen molar-refractivity contribution < 1.29 is 23.8 Å². The normalized spacial score (nSPS) is 18.3. The van der Waals surface area contributed by atoms with E-state index in [9.17, 15) is 14.9 Å². The van der Waals surface area contributed by atoms with Crippen LogP contribution in [0.1, 0.15) is 56.2 Å². The fraction of sp³-hybridized carbons (Fsp3) is 0.367. The first-order chi connectivity index (χ1) is 18.0. The Morgan fingerprint density at radius 2 is 1.84 bits per heavy atom. The highest BCUT2D eigenvalue weighted by Crippen LogP contribution is 2.48. The number of ether oxygens (including phenoxy) is 3. The summed E-state index contributed by atoms with van der Waals surface area (Å²) in [6, 6.07) is 13.1. The third-order valence-corrected chi connectivity index (χ3v) is 6.54. The highest BCUT2D eigenvalue weighted by Gasteiger charge is 2.43. The van der Waals surface area contributed by atoms with Gasteiger partial charge in [0.25, 0.3) is 5.91 Å². The molecule has 0 saturated heterocycles. The lowest BCUT2D eigenvalue weighted by molar-refractivity contribution is -0.119. The van der Waals surface area contributed by atoms with Gasteiger partial charge in [-0.2, -0.15) is 5.26 Å². The van der Waals surface area contributed by atoms with Gasteiger partial charge in [0.05, 0.1) is 12.5 Å². The fourth-order valence-electron chi connectivity index (χ4n) is 5.10. The van der Waals surface area contributed by atoms with Gasteiger partial charge in [0.15, 0.2) is 23.9 Å². The van der Waals surface area contributed by atoms with Crippen LogP contribution in [-0.4, -0.2) is 24.9 Å². The third kappa shape index (κ3) is 5.67. The maximum atomic E-state index is 13.2. The molecule has 0 bridgehead atoms. The van der Waals surface area contributed by atoms with Crippen molar-refractivity contribution in [2.24, 2.45) is 11.1 Å². The zero-order valence-corrected chi connectivity index (χ0v) is 22.4. The van der Waals surface area contributed by atoms with Crippen LogP contribution in [0.2, 0.25) is 0 Å². The lowest BCUT2D eigenvalue weighted by Crippen LogP contribution is -2.33. The Morgan fingerprint density at radius 3 is 2.50 bits per heavy atom. The summed E-state index contributed by atoms with van der Waals surface area (Å²) < 4.78 is 17.4. The molecule has 1 heterocycles. The zero-order valence-electron chi connectivity index (χ0n) is 22.4. The molecule has 1 atom stereocenters. The van der Waals surface area contributed by atoms with Gasteiger partial charge in [0.2, 0.25) is 5.88 Å². The van der Waals surface area contributed by atoms with Crippen molar-refractivity contribution in [2.45, 2.75) is 53.4 Å². The van der Waals surface area contributed by atoms with Gasteiger partial charge in [0.1, 0.15) is 17.4 Å². The SMILES string of the molecule is CCOc1cc(C2C(C#N)=C(N)OC3=C2C(=O)CC(C)(C)C3)ccc1OCC(=O)Nc1cc(C)cc(C)c1. The molecule has 4 rings (SSSR count). The number of anilines is 1. The molecule has 1 aliphatic heterocycles. The molecular formula is C30H33N3O5. The Bertz CT molecular complexity index is 1380. The average molecular weight is 516 g/mol. The van der Waals surface area contributed by atoms with Crippen LogP contribution in [0.15, 0.2) is 59.2 Å². The van der Waals surface area contributed by atoms with E-state index in [4.69, 9.17) is 19.9 Å². The Labute approximate surface area is 223 Å². The van der Waals surface area contributed by atoms with Crippen LogP contribution in [-0.2, 0) is 14.3 Å². The largest absolute Gasteiger partial charge is 0.490 e. The first-order valence-electron chi connectivity index (χ1n) is 12.6. The molecule has 8 heteroatoms. The van der Waals surface area contributed by atoms with Crippen LogP contribution < -0.4 is 20.5 Å². The number of ketones is 1. The van der Waals surface area contributed by atoms with Crippen molar-refractivity contribution in [3.63, 3.8) is 0 Å². The molecule has 0 radical (unpaired) electrons. The molecule has 0 aromatic heterocycles. The predicted molar refractivity (Wildman–Crippen MR) is 143 cm³/mol. The Balaban J connectivity index is 1.61. The number of rotatable bonds is 7. The Morgan fingerprint density at radius 1 is 1.13 bits per heavy atom. The summed E-state index contributed by atoms with van der Waals surface area (Å²) in [5.41, 5.74) is 9.97. The second-order valence-corrected chi connectivity index (χ2v) is 10.6. The lowest BCUT2D eigenvalue weighted by atomic mass is 9.70. The van der Waals surface area contributed by atoms with Crippen LogP contribution in [0, 0.1) is 30.6 Å². The number of aryl methyl sites for hydroxylation is 2. The van der Waals surface area contributed by atoms with E-state index in [2.05, 4.69) is 11.4 Å². The number of carbonyl (C=O) groups excluding carboxylic acids is 2. The van der Waals surface area contributed by atoms with Gasteiger partial charge < -0.3 is 25.3 Å². The van der Waals surface area contributed by atoms with Crippen LogP contribution in [0.3, 0.4) is 0 Å². The molecule has 198 valence electrons. The minimum atomic E-state index is -0.673.